The van der Waals surface area contributed by atoms with Gasteiger partial charge in [0.05, 0.1) is 23.1 Å². The molecule has 0 aliphatic carbocycles. The monoisotopic (exact) mass is 370 g/mol. The minimum atomic E-state index is -0.163. The van der Waals surface area contributed by atoms with Gasteiger partial charge >= 0.3 is 0 Å². The summed E-state index contributed by atoms with van der Waals surface area (Å²) in [6.07, 6.45) is 5.42. The van der Waals surface area contributed by atoms with Crippen molar-refractivity contribution in [3.8, 4) is 0 Å². The quantitative estimate of drug-likeness (QED) is 0.537. The number of aryl methyl sites for hydroxylation is 2. The Bertz CT molecular complexity index is 1210. The highest BCUT2D eigenvalue weighted by molar-refractivity contribution is 7.19. The maximum Gasteiger partial charge on any atom is 0.291 e. The lowest BCUT2D eigenvalue weighted by Gasteiger charge is -2.03. The summed E-state index contributed by atoms with van der Waals surface area (Å²) in [5.41, 5.74) is 13.7. The number of aromatic nitrogens is 6. The molecule has 0 amide bonds. The Morgan fingerprint density at radius 2 is 2.19 bits per heavy atom. The fourth-order valence-corrected chi connectivity index (χ4v) is 4.10. The SMILES string of the molecule is Cn1ccc(Cn2ncc3c4sc(C/C(N)=C/N)nc4n(C)c3c2=O)n1. The molecule has 26 heavy (non-hydrogen) atoms. The standard InChI is InChI=1S/C16H18N8OS/c1-22-4-3-10(21-22)8-24-16(25)13-11(7-19-24)14-15(23(13)2)20-12(26-14)5-9(18)6-17/h3-4,6-7H,5,8,17-18H2,1-2H3/b9-6-. The van der Waals surface area contributed by atoms with Gasteiger partial charge in [0.15, 0.2) is 5.65 Å². The van der Waals surface area contributed by atoms with Crippen LogP contribution in [0.2, 0.25) is 0 Å². The molecule has 4 rings (SSSR count). The van der Waals surface area contributed by atoms with E-state index in [2.05, 4.69) is 15.2 Å². The van der Waals surface area contributed by atoms with Crippen LogP contribution < -0.4 is 17.0 Å². The Hall–Kier alpha value is -3.14. The van der Waals surface area contributed by atoms with Crippen LogP contribution in [0.5, 0.6) is 0 Å². The summed E-state index contributed by atoms with van der Waals surface area (Å²) in [5.74, 6) is 0. The molecule has 0 fully saturated rings. The molecule has 0 aromatic carbocycles. The maximum absolute atomic E-state index is 12.9. The fourth-order valence-electron chi connectivity index (χ4n) is 2.96. The largest absolute Gasteiger partial charge is 0.403 e. The van der Waals surface area contributed by atoms with Crippen molar-refractivity contribution in [1.29, 1.82) is 0 Å². The first-order valence-corrected chi connectivity index (χ1v) is 8.78. The molecule has 4 aromatic heterocycles. The first kappa shape index (κ1) is 16.3. The third-order valence-electron chi connectivity index (χ3n) is 4.22. The van der Waals surface area contributed by atoms with E-state index in [1.165, 1.54) is 22.2 Å². The van der Waals surface area contributed by atoms with Gasteiger partial charge in [-0.3, -0.25) is 9.48 Å². The summed E-state index contributed by atoms with van der Waals surface area (Å²) >= 11 is 1.50. The topological polar surface area (TPSA) is 123 Å². The summed E-state index contributed by atoms with van der Waals surface area (Å²) in [6, 6.07) is 1.87. The number of hydrogen-bond acceptors (Lipinski definition) is 7. The molecular formula is C16H18N8OS. The second kappa shape index (κ2) is 5.99. The lowest BCUT2D eigenvalue weighted by Crippen LogP contribution is -2.24. The zero-order chi connectivity index (χ0) is 18.4. The van der Waals surface area contributed by atoms with Crippen LogP contribution in [0.1, 0.15) is 10.7 Å². The van der Waals surface area contributed by atoms with E-state index < -0.39 is 0 Å². The lowest BCUT2D eigenvalue weighted by atomic mass is 10.3. The van der Waals surface area contributed by atoms with Crippen LogP contribution in [0.4, 0.5) is 0 Å². The van der Waals surface area contributed by atoms with Gasteiger partial charge in [-0.1, -0.05) is 0 Å². The van der Waals surface area contributed by atoms with Gasteiger partial charge in [0.1, 0.15) is 10.5 Å². The molecule has 0 saturated carbocycles. The van der Waals surface area contributed by atoms with Crippen molar-refractivity contribution < 1.29 is 0 Å². The highest BCUT2D eigenvalue weighted by Crippen LogP contribution is 2.31. The average molecular weight is 370 g/mol. The van der Waals surface area contributed by atoms with Crippen molar-refractivity contribution in [3.63, 3.8) is 0 Å². The van der Waals surface area contributed by atoms with E-state index in [0.29, 0.717) is 24.2 Å². The molecule has 0 bridgehead atoms. The number of nitrogens with two attached hydrogens (primary N) is 2. The second-order valence-electron chi connectivity index (χ2n) is 6.09. The van der Waals surface area contributed by atoms with E-state index in [0.717, 1.165) is 26.4 Å². The predicted octanol–water partition coefficient (Wildman–Crippen LogP) is 0.428. The molecule has 0 aliphatic rings. The predicted molar refractivity (Wildman–Crippen MR) is 101 cm³/mol. The van der Waals surface area contributed by atoms with Crippen molar-refractivity contribution in [3.05, 3.63) is 51.4 Å². The molecule has 4 heterocycles. The molecular weight excluding hydrogens is 352 g/mol. The van der Waals surface area contributed by atoms with Gasteiger partial charge in [-0.15, -0.1) is 11.3 Å². The van der Waals surface area contributed by atoms with Crippen LogP contribution in [-0.2, 0) is 27.1 Å². The highest BCUT2D eigenvalue weighted by Gasteiger charge is 2.18. The van der Waals surface area contributed by atoms with Crippen LogP contribution in [0, 0.1) is 0 Å². The van der Waals surface area contributed by atoms with Crippen LogP contribution in [-0.4, -0.2) is 29.1 Å². The molecule has 0 atom stereocenters. The smallest absolute Gasteiger partial charge is 0.291 e. The Morgan fingerprint density at radius 3 is 2.88 bits per heavy atom. The van der Waals surface area contributed by atoms with Crippen LogP contribution >= 0.6 is 11.3 Å². The molecule has 10 heteroatoms. The van der Waals surface area contributed by atoms with Gasteiger partial charge in [0.25, 0.3) is 5.56 Å². The van der Waals surface area contributed by atoms with E-state index in [-0.39, 0.29) is 5.56 Å². The third kappa shape index (κ3) is 2.54. The van der Waals surface area contributed by atoms with E-state index in [9.17, 15) is 4.79 Å². The molecule has 0 radical (unpaired) electrons. The van der Waals surface area contributed by atoms with Gasteiger partial charge in [-0.05, 0) is 6.07 Å². The lowest BCUT2D eigenvalue weighted by molar-refractivity contribution is 0.619. The molecule has 0 spiro atoms. The van der Waals surface area contributed by atoms with Crippen LogP contribution in [0.15, 0.2) is 35.2 Å². The molecule has 0 unspecified atom stereocenters. The van der Waals surface area contributed by atoms with Gasteiger partial charge in [0, 0.05) is 44.0 Å². The minimum absolute atomic E-state index is 0.163. The summed E-state index contributed by atoms with van der Waals surface area (Å²) in [5, 5.41) is 10.3. The second-order valence-corrected chi connectivity index (χ2v) is 7.17. The van der Waals surface area contributed by atoms with E-state index in [1.807, 2.05) is 30.9 Å². The molecule has 0 saturated heterocycles. The zero-order valence-electron chi connectivity index (χ0n) is 14.4. The molecule has 0 aliphatic heterocycles. The number of rotatable bonds is 4. The number of fused-ring (bicyclic) bond motifs is 3. The highest BCUT2D eigenvalue weighted by atomic mass is 32.1. The molecule has 4 aromatic rings. The number of allylic oxidation sites excluding steroid dienone is 1. The van der Waals surface area contributed by atoms with E-state index in [1.54, 1.807) is 10.9 Å². The maximum atomic E-state index is 12.9. The fraction of sp³-hybridized carbons (Fsp3) is 0.250. The Kier molecular flexibility index (Phi) is 3.76. The number of thiazole rings is 1. The Morgan fingerprint density at radius 1 is 1.38 bits per heavy atom. The normalized spacial score (nSPS) is 12.5. The summed E-state index contributed by atoms with van der Waals surface area (Å²) in [4.78, 5) is 17.5. The zero-order valence-corrected chi connectivity index (χ0v) is 15.2. The number of nitrogens with zero attached hydrogens (tertiary/aromatic N) is 6. The van der Waals surface area contributed by atoms with Crippen LogP contribution in [0.3, 0.4) is 0 Å². The van der Waals surface area contributed by atoms with Gasteiger partial charge in [-0.2, -0.15) is 10.2 Å². The van der Waals surface area contributed by atoms with E-state index >= 15 is 0 Å². The third-order valence-corrected chi connectivity index (χ3v) is 5.30. The number of hydrogen-bond donors (Lipinski definition) is 2. The molecule has 134 valence electrons. The van der Waals surface area contributed by atoms with Gasteiger partial charge < -0.3 is 16.0 Å². The van der Waals surface area contributed by atoms with Crippen molar-refractivity contribution in [2.45, 2.75) is 13.0 Å². The van der Waals surface area contributed by atoms with Crippen molar-refractivity contribution in [1.82, 2.24) is 29.1 Å². The van der Waals surface area contributed by atoms with Gasteiger partial charge in [0.2, 0.25) is 0 Å². The Labute approximate surface area is 152 Å². The van der Waals surface area contributed by atoms with Crippen LogP contribution in [0.25, 0.3) is 21.3 Å². The summed E-state index contributed by atoms with van der Waals surface area (Å²) < 4.78 is 5.86. The first-order valence-electron chi connectivity index (χ1n) is 7.96. The van der Waals surface area contributed by atoms with Crippen molar-refractivity contribution in [2.24, 2.45) is 25.6 Å². The molecule has 9 nitrogen and oxygen atoms in total. The minimum Gasteiger partial charge on any atom is -0.403 e. The summed E-state index contributed by atoms with van der Waals surface area (Å²) in [6.45, 7) is 0.324. The van der Waals surface area contributed by atoms with E-state index in [4.69, 9.17) is 11.5 Å². The van der Waals surface area contributed by atoms with Crippen molar-refractivity contribution >= 4 is 32.6 Å². The first-order chi connectivity index (χ1) is 12.5. The average Bonchev–Trinajstić information content (AvgIpc) is 3.27. The van der Waals surface area contributed by atoms with Gasteiger partial charge in [-0.25, -0.2) is 9.67 Å². The Balaban J connectivity index is 1.82. The van der Waals surface area contributed by atoms with Crippen molar-refractivity contribution in [2.75, 3.05) is 0 Å². The molecule has 4 N–H and O–H groups in total. The summed E-state index contributed by atoms with van der Waals surface area (Å²) in [7, 11) is 3.67.